The molecular formula is C14H28N2O. The van der Waals surface area contributed by atoms with Crippen molar-refractivity contribution in [2.24, 2.45) is 11.7 Å². The molecule has 1 atom stereocenters. The number of nitrogens with two attached hydrogens (primary N) is 1. The van der Waals surface area contributed by atoms with E-state index in [0.717, 1.165) is 12.8 Å². The van der Waals surface area contributed by atoms with Crippen LogP contribution in [0.15, 0.2) is 0 Å². The van der Waals surface area contributed by atoms with Gasteiger partial charge in [0.1, 0.15) is 0 Å². The monoisotopic (exact) mass is 240 g/mol. The largest absolute Gasteiger partial charge is 0.342 e. The minimum Gasteiger partial charge on any atom is -0.342 e. The standard InChI is InChI=1S/C14H28N2O/c1-3-8-12(11-15)14(17)16(2)13-9-6-4-5-7-10-13/h12-13H,3-11,15H2,1-2H3. The molecule has 0 heterocycles. The van der Waals surface area contributed by atoms with Crippen molar-refractivity contribution in [3.8, 4) is 0 Å². The summed E-state index contributed by atoms with van der Waals surface area (Å²) in [6, 6.07) is 0.455. The van der Waals surface area contributed by atoms with Crippen molar-refractivity contribution in [2.75, 3.05) is 13.6 Å². The second-order valence-electron chi connectivity index (χ2n) is 5.32. The van der Waals surface area contributed by atoms with E-state index in [1.54, 1.807) is 0 Å². The number of carbonyl (C=O) groups is 1. The lowest BCUT2D eigenvalue weighted by atomic mass is 10.00. The number of hydrogen-bond donors (Lipinski definition) is 1. The van der Waals surface area contributed by atoms with Crippen molar-refractivity contribution in [3.63, 3.8) is 0 Å². The second-order valence-corrected chi connectivity index (χ2v) is 5.32. The van der Waals surface area contributed by atoms with E-state index in [0.29, 0.717) is 12.6 Å². The van der Waals surface area contributed by atoms with Crippen molar-refractivity contribution >= 4 is 5.91 Å². The van der Waals surface area contributed by atoms with Crippen LogP contribution >= 0.6 is 0 Å². The molecule has 1 rings (SSSR count). The van der Waals surface area contributed by atoms with Crippen LogP contribution in [0.3, 0.4) is 0 Å². The number of carbonyl (C=O) groups excluding carboxylic acids is 1. The molecule has 1 aliphatic rings. The van der Waals surface area contributed by atoms with Gasteiger partial charge in [0.05, 0.1) is 5.92 Å². The molecule has 100 valence electrons. The van der Waals surface area contributed by atoms with Crippen LogP contribution in [0.2, 0.25) is 0 Å². The van der Waals surface area contributed by atoms with Crippen molar-refractivity contribution < 1.29 is 4.79 Å². The molecule has 0 aliphatic heterocycles. The predicted molar refractivity (Wildman–Crippen MR) is 71.7 cm³/mol. The second kappa shape index (κ2) is 7.70. The van der Waals surface area contributed by atoms with Crippen molar-refractivity contribution in [1.29, 1.82) is 0 Å². The van der Waals surface area contributed by atoms with Crippen LogP contribution < -0.4 is 5.73 Å². The van der Waals surface area contributed by atoms with E-state index in [2.05, 4.69) is 6.92 Å². The Morgan fingerprint density at radius 3 is 2.35 bits per heavy atom. The molecule has 1 aliphatic carbocycles. The Labute approximate surface area is 106 Å². The molecule has 2 N–H and O–H groups in total. The summed E-state index contributed by atoms with van der Waals surface area (Å²) in [5, 5.41) is 0. The lowest BCUT2D eigenvalue weighted by molar-refractivity contribution is -0.136. The first-order valence-corrected chi connectivity index (χ1v) is 7.17. The molecule has 0 saturated heterocycles. The quantitative estimate of drug-likeness (QED) is 0.751. The minimum atomic E-state index is 0.0354. The highest BCUT2D eigenvalue weighted by Crippen LogP contribution is 2.22. The summed E-state index contributed by atoms with van der Waals surface area (Å²) < 4.78 is 0. The van der Waals surface area contributed by atoms with Crippen LogP contribution in [-0.4, -0.2) is 30.4 Å². The normalized spacial score (nSPS) is 19.7. The molecule has 0 aromatic carbocycles. The molecular weight excluding hydrogens is 212 g/mol. The SMILES string of the molecule is CCCC(CN)C(=O)N(C)C1CCCCCC1. The van der Waals surface area contributed by atoms with Gasteiger partial charge in [0, 0.05) is 19.6 Å². The molecule has 0 aromatic heterocycles. The summed E-state index contributed by atoms with van der Waals surface area (Å²) in [5.74, 6) is 0.300. The average Bonchev–Trinajstić information content (AvgIpc) is 2.63. The molecule has 1 saturated carbocycles. The maximum Gasteiger partial charge on any atom is 0.226 e. The maximum atomic E-state index is 12.3. The Kier molecular flexibility index (Phi) is 6.56. The molecule has 1 amide bonds. The van der Waals surface area contributed by atoms with Gasteiger partial charge in [-0.25, -0.2) is 0 Å². The van der Waals surface area contributed by atoms with E-state index in [1.165, 1.54) is 38.5 Å². The van der Waals surface area contributed by atoms with Gasteiger partial charge in [0.15, 0.2) is 0 Å². The van der Waals surface area contributed by atoms with Gasteiger partial charge in [-0.05, 0) is 19.3 Å². The van der Waals surface area contributed by atoms with Gasteiger partial charge in [-0.2, -0.15) is 0 Å². The van der Waals surface area contributed by atoms with E-state index in [1.807, 2.05) is 11.9 Å². The summed E-state index contributed by atoms with van der Waals surface area (Å²) >= 11 is 0. The Morgan fingerprint density at radius 1 is 1.29 bits per heavy atom. The Balaban J connectivity index is 2.53. The van der Waals surface area contributed by atoms with E-state index in [9.17, 15) is 4.79 Å². The van der Waals surface area contributed by atoms with Crippen LogP contribution in [0.25, 0.3) is 0 Å². The average molecular weight is 240 g/mol. The first-order chi connectivity index (χ1) is 8.20. The molecule has 0 spiro atoms. The first kappa shape index (κ1) is 14.5. The summed E-state index contributed by atoms with van der Waals surface area (Å²) in [5.41, 5.74) is 5.71. The van der Waals surface area contributed by atoms with Gasteiger partial charge < -0.3 is 10.6 Å². The van der Waals surface area contributed by atoms with E-state index >= 15 is 0 Å². The zero-order valence-electron chi connectivity index (χ0n) is 11.5. The van der Waals surface area contributed by atoms with E-state index in [4.69, 9.17) is 5.73 Å². The van der Waals surface area contributed by atoms with Crippen molar-refractivity contribution in [2.45, 2.75) is 64.3 Å². The fraction of sp³-hybridized carbons (Fsp3) is 0.929. The third-order valence-corrected chi connectivity index (χ3v) is 3.99. The van der Waals surface area contributed by atoms with Crippen LogP contribution in [0.4, 0.5) is 0 Å². The van der Waals surface area contributed by atoms with Crippen LogP contribution in [0, 0.1) is 5.92 Å². The summed E-state index contributed by atoms with van der Waals surface area (Å²) in [6.45, 7) is 2.60. The Hall–Kier alpha value is -0.570. The Morgan fingerprint density at radius 2 is 1.88 bits per heavy atom. The lowest BCUT2D eigenvalue weighted by Gasteiger charge is -2.30. The fourth-order valence-corrected chi connectivity index (χ4v) is 2.80. The van der Waals surface area contributed by atoms with Gasteiger partial charge in [0.2, 0.25) is 5.91 Å². The van der Waals surface area contributed by atoms with E-state index in [-0.39, 0.29) is 11.8 Å². The van der Waals surface area contributed by atoms with Crippen LogP contribution in [-0.2, 0) is 4.79 Å². The first-order valence-electron chi connectivity index (χ1n) is 7.17. The number of rotatable bonds is 5. The Bertz CT molecular complexity index is 222. The molecule has 0 aromatic rings. The van der Waals surface area contributed by atoms with Gasteiger partial charge >= 0.3 is 0 Å². The van der Waals surface area contributed by atoms with Gasteiger partial charge in [0.25, 0.3) is 0 Å². The molecule has 0 bridgehead atoms. The predicted octanol–water partition coefficient (Wildman–Crippen LogP) is 2.54. The zero-order valence-corrected chi connectivity index (χ0v) is 11.5. The third-order valence-electron chi connectivity index (χ3n) is 3.99. The number of hydrogen-bond acceptors (Lipinski definition) is 2. The fourth-order valence-electron chi connectivity index (χ4n) is 2.80. The molecule has 0 radical (unpaired) electrons. The number of amides is 1. The highest BCUT2D eigenvalue weighted by molar-refractivity contribution is 5.79. The highest BCUT2D eigenvalue weighted by Gasteiger charge is 2.25. The molecule has 1 fully saturated rings. The third kappa shape index (κ3) is 4.30. The minimum absolute atomic E-state index is 0.0354. The molecule has 1 unspecified atom stereocenters. The smallest absolute Gasteiger partial charge is 0.226 e. The van der Waals surface area contributed by atoms with Crippen molar-refractivity contribution in [1.82, 2.24) is 4.90 Å². The van der Waals surface area contributed by atoms with Gasteiger partial charge in [-0.3, -0.25) is 4.79 Å². The van der Waals surface area contributed by atoms with Gasteiger partial charge in [-0.1, -0.05) is 39.0 Å². The zero-order chi connectivity index (χ0) is 12.7. The van der Waals surface area contributed by atoms with Crippen LogP contribution in [0.5, 0.6) is 0 Å². The summed E-state index contributed by atoms with van der Waals surface area (Å²) in [6.07, 6.45) is 9.49. The summed E-state index contributed by atoms with van der Waals surface area (Å²) in [4.78, 5) is 14.3. The number of nitrogens with zero attached hydrogens (tertiary/aromatic N) is 1. The highest BCUT2D eigenvalue weighted by atomic mass is 16.2. The summed E-state index contributed by atoms with van der Waals surface area (Å²) in [7, 11) is 1.97. The van der Waals surface area contributed by atoms with Gasteiger partial charge in [-0.15, -0.1) is 0 Å². The van der Waals surface area contributed by atoms with Crippen molar-refractivity contribution in [3.05, 3.63) is 0 Å². The molecule has 17 heavy (non-hydrogen) atoms. The lowest BCUT2D eigenvalue weighted by Crippen LogP contribution is -2.42. The molecule has 3 heteroatoms. The topological polar surface area (TPSA) is 46.3 Å². The van der Waals surface area contributed by atoms with Crippen LogP contribution in [0.1, 0.15) is 58.3 Å². The van der Waals surface area contributed by atoms with E-state index < -0.39 is 0 Å². The maximum absolute atomic E-state index is 12.3. The molecule has 3 nitrogen and oxygen atoms in total.